The minimum Gasteiger partial charge on any atom is -0.508 e. The topological polar surface area (TPSA) is 46.2 Å². The van der Waals surface area contributed by atoms with Gasteiger partial charge < -0.3 is 10.8 Å². The minimum absolute atomic E-state index is 0.304. The molecule has 0 aliphatic heterocycles. The number of benzene rings is 1. The fraction of sp³-hybridized carbons (Fsp3) is 0.500. The number of phenols is 1. The highest BCUT2D eigenvalue weighted by Gasteiger charge is 2.11. The van der Waals surface area contributed by atoms with E-state index in [4.69, 9.17) is 5.73 Å². The molecule has 2 nitrogen and oxygen atoms in total. The largest absolute Gasteiger partial charge is 0.508 e. The third-order valence-corrected chi connectivity index (χ3v) is 2.48. The summed E-state index contributed by atoms with van der Waals surface area (Å²) in [5.41, 5.74) is 8.64. The van der Waals surface area contributed by atoms with Gasteiger partial charge in [-0.05, 0) is 35.1 Å². The van der Waals surface area contributed by atoms with Crippen LogP contribution in [0.2, 0.25) is 0 Å². The van der Waals surface area contributed by atoms with Crippen molar-refractivity contribution in [3.8, 4) is 5.75 Å². The van der Waals surface area contributed by atoms with Crippen molar-refractivity contribution in [1.29, 1.82) is 0 Å². The molecule has 78 valence electrons. The van der Waals surface area contributed by atoms with Crippen LogP contribution in [0.25, 0.3) is 0 Å². The van der Waals surface area contributed by atoms with Crippen LogP contribution >= 0.6 is 0 Å². The molecule has 2 heteroatoms. The highest BCUT2D eigenvalue weighted by molar-refractivity contribution is 5.56. The highest BCUT2D eigenvalue weighted by Crippen LogP contribution is 2.33. The molecule has 0 aliphatic carbocycles. The number of rotatable bonds is 2. The quantitative estimate of drug-likeness (QED) is 0.559. The Balaban J connectivity index is 3.24. The Morgan fingerprint density at radius 1 is 1.00 bits per heavy atom. The van der Waals surface area contributed by atoms with Crippen molar-refractivity contribution in [2.75, 3.05) is 5.73 Å². The summed E-state index contributed by atoms with van der Waals surface area (Å²) >= 11 is 0. The van der Waals surface area contributed by atoms with E-state index in [0.717, 1.165) is 16.8 Å². The van der Waals surface area contributed by atoms with Gasteiger partial charge in [-0.25, -0.2) is 0 Å². The van der Waals surface area contributed by atoms with E-state index in [2.05, 4.69) is 13.8 Å². The van der Waals surface area contributed by atoms with Crippen LogP contribution in [0.1, 0.15) is 50.7 Å². The average Bonchev–Trinajstić information content (AvgIpc) is 2.07. The summed E-state index contributed by atoms with van der Waals surface area (Å²) in [5, 5.41) is 9.78. The van der Waals surface area contributed by atoms with Crippen LogP contribution in [0, 0.1) is 0 Å². The summed E-state index contributed by atoms with van der Waals surface area (Å²) in [5.74, 6) is 1.01. The maximum atomic E-state index is 9.78. The first-order valence-electron chi connectivity index (χ1n) is 5.05. The lowest BCUT2D eigenvalue weighted by atomic mass is 9.94. The zero-order valence-electron chi connectivity index (χ0n) is 9.33. The fourth-order valence-corrected chi connectivity index (χ4v) is 1.60. The van der Waals surface area contributed by atoms with E-state index in [1.165, 1.54) is 0 Å². The molecule has 0 heterocycles. The Bertz CT molecular complexity index is 296. The van der Waals surface area contributed by atoms with E-state index >= 15 is 0 Å². The van der Waals surface area contributed by atoms with Crippen molar-refractivity contribution in [3.05, 3.63) is 23.3 Å². The molecular formula is C12H19NO. The van der Waals surface area contributed by atoms with Crippen LogP contribution in [0.4, 0.5) is 5.69 Å². The lowest BCUT2D eigenvalue weighted by Crippen LogP contribution is -1.99. The zero-order chi connectivity index (χ0) is 10.9. The maximum absolute atomic E-state index is 9.78. The first kappa shape index (κ1) is 10.9. The Kier molecular flexibility index (Phi) is 3.04. The lowest BCUT2D eigenvalue weighted by Gasteiger charge is -2.15. The molecule has 0 aromatic heterocycles. The molecule has 0 saturated carbocycles. The summed E-state index contributed by atoms with van der Waals surface area (Å²) in [4.78, 5) is 0. The molecule has 0 saturated heterocycles. The van der Waals surface area contributed by atoms with Gasteiger partial charge in [0.05, 0.1) is 0 Å². The second kappa shape index (κ2) is 3.91. The van der Waals surface area contributed by atoms with E-state index < -0.39 is 0 Å². The monoisotopic (exact) mass is 193 g/mol. The number of hydrogen-bond acceptors (Lipinski definition) is 2. The Hall–Kier alpha value is -1.18. The first-order valence-corrected chi connectivity index (χ1v) is 5.05. The van der Waals surface area contributed by atoms with Crippen molar-refractivity contribution >= 4 is 5.69 Å². The van der Waals surface area contributed by atoms with Crippen molar-refractivity contribution in [3.63, 3.8) is 0 Å². The smallest absolute Gasteiger partial charge is 0.119 e. The summed E-state index contributed by atoms with van der Waals surface area (Å²) in [6.45, 7) is 8.23. The highest BCUT2D eigenvalue weighted by atomic mass is 16.3. The number of anilines is 1. The lowest BCUT2D eigenvalue weighted by molar-refractivity contribution is 0.464. The van der Waals surface area contributed by atoms with E-state index in [0.29, 0.717) is 17.6 Å². The fourth-order valence-electron chi connectivity index (χ4n) is 1.60. The molecule has 0 unspecified atom stereocenters. The Labute approximate surface area is 85.8 Å². The van der Waals surface area contributed by atoms with Gasteiger partial charge in [0.25, 0.3) is 0 Å². The van der Waals surface area contributed by atoms with E-state index in [-0.39, 0.29) is 0 Å². The molecule has 1 aromatic rings. The SMILES string of the molecule is CC(C)c1cc(O)c(C(C)C)cc1N. The maximum Gasteiger partial charge on any atom is 0.119 e. The number of aromatic hydroxyl groups is 1. The van der Waals surface area contributed by atoms with Gasteiger partial charge in [-0.1, -0.05) is 27.7 Å². The third-order valence-electron chi connectivity index (χ3n) is 2.48. The Morgan fingerprint density at radius 2 is 1.50 bits per heavy atom. The van der Waals surface area contributed by atoms with Gasteiger partial charge in [-0.15, -0.1) is 0 Å². The second-order valence-corrected chi connectivity index (χ2v) is 4.35. The van der Waals surface area contributed by atoms with Crippen molar-refractivity contribution < 1.29 is 5.11 Å². The van der Waals surface area contributed by atoms with Crippen LogP contribution in [0.15, 0.2) is 12.1 Å². The van der Waals surface area contributed by atoms with E-state index in [9.17, 15) is 5.11 Å². The number of phenolic OH excluding ortho intramolecular Hbond substituents is 1. The van der Waals surface area contributed by atoms with Gasteiger partial charge in [0.1, 0.15) is 5.75 Å². The predicted octanol–water partition coefficient (Wildman–Crippen LogP) is 3.22. The van der Waals surface area contributed by atoms with Gasteiger partial charge >= 0.3 is 0 Å². The molecule has 0 amide bonds. The molecule has 1 rings (SSSR count). The van der Waals surface area contributed by atoms with Crippen molar-refractivity contribution in [2.24, 2.45) is 0 Å². The molecule has 0 bridgehead atoms. The second-order valence-electron chi connectivity index (χ2n) is 4.35. The van der Waals surface area contributed by atoms with Gasteiger partial charge in [0.2, 0.25) is 0 Å². The molecule has 0 fully saturated rings. The molecular weight excluding hydrogens is 174 g/mol. The van der Waals surface area contributed by atoms with Crippen LogP contribution in [-0.2, 0) is 0 Å². The molecule has 0 atom stereocenters. The first-order chi connectivity index (χ1) is 6.43. The normalized spacial score (nSPS) is 11.3. The number of hydrogen-bond donors (Lipinski definition) is 2. The van der Waals surface area contributed by atoms with Gasteiger partial charge in [-0.3, -0.25) is 0 Å². The van der Waals surface area contributed by atoms with Crippen molar-refractivity contribution in [1.82, 2.24) is 0 Å². The van der Waals surface area contributed by atoms with Crippen LogP contribution in [0.5, 0.6) is 5.75 Å². The van der Waals surface area contributed by atoms with Crippen LogP contribution in [-0.4, -0.2) is 5.11 Å². The van der Waals surface area contributed by atoms with Gasteiger partial charge in [0.15, 0.2) is 0 Å². The molecule has 3 N–H and O–H groups in total. The predicted molar refractivity (Wildman–Crippen MR) is 60.7 cm³/mol. The summed E-state index contributed by atoms with van der Waals surface area (Å²) in [6, 6.07) is 3.67. The molecule has 0 aliphatic rings. The van der Waals surface area contributed by atoms with Crippen LogP contribution in [0.3, 0.4) is 0 Å². The number of nitrogen functional groups attached to an aromatic ring is 1. The van der Waals surface area contributed by atoms with Gasteiger partial charge in [-0.2, -0.15) is 0 Å². The standard InChI is InChI=1S/C12H19NO/c1-7(2)9-6-12(14)10(8(3)4)5-11(9)13/h5-8,14H,13H2,1-4H3. The third kappa shape index (κ3) is 2.00. The molecule has 1 aromatic carbocycles. The van der Waals surface area contributed by atoms with E-state index in [1.807, 2.05) is 19.9 Å². The average molecular weight is 193 g/mol. The molecule has 0 spiro atoms. The van der Waals surface area contributed by atoms with Crippen LogP contribution < -0.4 is 5.73 Å². The molecule has 0 radical (unpaired) electrons. The van der Waals surface area contributed by atoms with E-state index in [1.54, 1.807) is 6.07 Å². The summed E-state index contributed by atoms with van der Waals surface area (Å²) < 4.78 is 0. The molecule has 14 heavy (non-hydrogen) atoms. The summed E-state index contributed by atoms with van der Waals surface area (Å²) in [6.07, 6.45) is 0. The number of nitrogens with two attached hydrogens (primary N) is 1. The minimum atomic E-state index is 0.304. The Morgan fingerprint density at radius 3 is 1.93 bits per heavy atom. The summed E-state index contributed by atoms with van der Waals surface area (Å²) in [7, 11) is 0. The van der Waals surface area contributed by atoms with Crippen molar-refractivity contribution in [2.45, 2.75) is 39.5 Å². The zero-order valence-corrected chi connectivity index (χ0v) is 9.33. The van der Waals surface area contributed by atoms with Gasteiger partial charge in [0, 0.05) is 5.69 Å².